The van der Waals surface area contributed by atoms with Crippen LogP contribution >= 0.6 is 23.4 Å². The number of alkyl halides is 3. The molecule has 0 spiro atoms. The van der Waals surface area contributed by atoms with Crippen LogP contribution in [-0.2, 0) is 6.18 Å². The van der Waals surface area contributed by atoms with Gasteiger partial charge < -0.3 is 5.32 Å². The number of aromatic nitrogens is 3. The lowest BCUT2D eigenvalue weighted by molar-refractivity contribution is -0.141. The van der Waals surface area contributed by atoms with E-state index in [0.29, 0.717) is 28.2 Å². The highest BCUT2D eigenvalue weighted by atomic mass is 35.5. The smallest absolute Gasteiger partial charge is 0.322 e. The van der Waals surface area contributed by atoms with Gasteiger partial charge in [0.15, 0.2) is 5.16 Å². The van der Waals surface area contributed by atoms with E-state index in [0.717, 1.165) is 11.8 Å². The Morgan fingerprint density at radius 3 is 2.59 bits per heavy atom. The number of halogens is 4. The number of carbonyl (C=O) groups is 1. The van der Waals surface area contributed by atoms with Crippen LogP contribution in [0.4, 0.5) is 18.9 Å². The fraction of sp³-hybridized carbons (Fsp3) is 0.158. The molecule has 0 aliphatic heterocycles. The minimum atomic E-state index is -4.63. The Balaban J connectivity index is 1.91. The summed E-state index contributed by atoms with van der Waals surface area (Å²) in [6.45, 7) is 1.87. The highest BCUT2D eigenvalue weighted by Gasteiger charge is 2.32. The zero-order valence-corrected chi connectivity index (χ0v) is 16.8. The molecule has 0 radical (unpaired) electrons. The van der Waals surface area contributed by atoms with Crippen molar-refractivity contribution in [2.75, 3.05) is 11.6 Å². The summed E-state index contributed by atoms with van der Waals surface area (Å²) >= 11 is 7.39. The molecule has 2 heterocycles. The lowest BCUT2D eigenvalue weighted by atomic mass is 10.0. The Morgan fingerprint density at radius 2 is 1.90 bits per heavy atom. The molecule has 1 aromatic carbocycles. The number of hydrogen-bond acceptors (Lipinski definition) is 5. The van der Waals surface area contributed by atoms with E-state index in [9.17, 15) is 18.0 Å². The van der Waals surface area contributed by atoms with Crippen molar-refractivity contribution in [1.82, 2.24) is 15.0 Å². The first-order valence-electron chi connectivity index (χ1n) is 8.21. The maximum Gasteiger partial charge on any atom is 0.433 e. The summed E-state index contributed by atoms with van der Waals surface area (Å²) < 4.78 is 38.5. The summed E-state index contributed by atoms with van der Waals surface area (Å²) in [6, 6.07) is 8.64. The van der Waals surface area contributed by atoms with Crippen LogP contribution in [0.2, 0.25) is 5.15 Å². The Hall–Kier alpha value is -2.65. The molecule has 2 aromatic heterocycles. The summed E-state index contributed by atoms with van der Waals surface area (Å²) in [5.41, 5.74) is 1.30. The number of anilines is 1. The zero-order chi connectivity index (χ0) is 21.2. The predicted octanol–water partition coefficient (Wildman–Crippen LogP) is 5.49. The van der Waals surface area contributed by atoms with Gasteiger partial charge in [-0.2, -0.15) is 13.2 Å². The van der Waals surface area contributed by atoms with E-state index < -0.39 is 17.8 Å². The second kappa shape index (κ2) is 8.38. The molecule has 29 heavy (non-hydrogen) atoms. The van der Waals surface area contributed by atoms with Crippen molar-refractivity contribution in [3.8, 4) is 11.3 Å². The van der Waals surface area contributed by atoms with Crippen molar-refractivity contribution < 1.29 is 18.0 Å². The van der Waals surface area contributed by atoms with Crippen LogP contribution in [0.1, 0.15) is 21.6 Å². The highest BCUT2D eigenvalue weighted by Crippen LogP contribution is 2.30. The molecule has 0 saturated heterocycles. The van der Waals surface area contributed by atoms with E-state index >= 15 is 0 Å². The molecule has 5 nitrogen and oxygen atoms in total. The maximum atomic E-state index is 12.8. The second-order valence-electron chi connectivity index (χ2n) is 5.97. The number of benzene rings is 1. The summed E-state index contributed by atoms with van der Waals surface area (Å²) in [4.78, 5) is 24.2. The van der Waals surface area contributed by atoms with Gasteiger partial charge in [-0.25, -0.2) is 9.97 Å². The lowest BCUT2D eigenvalue weighted by Crippen LogP contribution is -2.15. The summed E-state index contributed by atoms with van der Waals surface area (Å²) in [7, 11) is 0. The maximum absolute atomic E-state index is 12.8. The van der Waals surface area contributed by atoms with Crippen LogP contribution < -0.4 is 5.32 Å². The number of nitrogens with one attached hydrogen (secondary N) is 1. The molecular formula is C19H14ClF3N4OS. The quantitative estimate of drug-likeness (QED) is 0.331. The van der Waals surface area contributed by atoms with Crippen molar-refractivity contribution in [1.29, 1.82) is 0 Å². The molecule has 0 bridgehead atoms. The van der Waals surface area contributed by atoms with Crippen LogP contribution in [0.15, 0.2) is 47.8 Å². The summed E-state index contributed by atoms with van der Waals surface area (Å²) in [5.74, 6) is -0.682. The van der Waals surface area contributed by atoms with Crippen LogP contribution in [0.3, 0.4) is 0 Å². The lowest BCUT2D eigenvalue weighted by Gasteiger charge is -2.12. The Kier molecular flexibility index (Phi) is 6.09. The van der Waals surface area contributed by atoms with Gasteiger partial charge >= 0.3 is 6.18 Å². The highest BCUT2D eigenvalue weighted by molar-refractivity contribution is 7.98. The first kappa shape index (κ1) is 21.1. The molecular weight excluding hydrogens is 425 g/mol. The van der Waals surface area contributed by atoms with E-state index in [1.54, 1.807) is 24.3 Å². The number of rotatable bonds is 4. The fourth-order valence-electron chi connectivity index (χ4n) is 2.53. The molecule has 3 aromatic rings. The first-order chi connectivity index (χ1) is 13.7. The molecule has 150 valence electrons. The van der Waals surface area contributed by atoms with E-state index in [1.165, 1.54) is 17.8 Å². The van der Waals surface area contributed by atoms with Gasteiger partial charge in [0.1, 0.15) is 10.8 Å². The monoisotopic (exact) mass is 438 g/mol. The average molecular weight is 439 g/mol. The third-order valence-electron chi connectivity index (χ3n) is 3.94. The van der Waals surface area contributed by atoms with Crippen LogP contribution in [0.25, 0.3) is 11.3 Å². The average Bonchev–Trinajstić information content (AvgIpc) is 2.68. The van der Waals surface area contributed by atoms with Gasteiger partial charge in [-0.1, -0.05) is 29.4 Å². The van der Waals surface area contributed by atoms with Gasteiger partial charge in [-0.05, 0) is 43.0 Å². The molecule has 0 fully saturated rings. The number of nitrogens with zero attached hydrogens (tertiary/aromatic N) is 3. The molecule has 0 unspecified atom stereocenters. The Bertz CT molecular complexity index is 1080. The molecule has 0 saturated carbocycles. The molecule has 0 aliphatic rings. The Morgan fingerprint density at radius 1 is 1.14 bits per heavy atom. The van der Waals surface area contributed by atoms with Gasteiger partial charge in [0.25, 0.3) is 5.91 Å². The number of hydrogen-bond donors (Lipinski definition) is 1. The third kappa shape index (κ3) is 5.04. The number of amides is 1. The van der Waals surface area contributed by atoms with Crippen molar-refractivity contribution in [3.05, 3.63) is 64.6 Å². The number of thioether (sulfide) groups is 1. The van der Waals surface area contributed by atoms with Crippen molar-refractivity contribution in [2.24, 2.45) is 0 Å². The molecule has 3 rings (SSSR count). The van der Waals surface area contributed by atoms with Gasteiger partial charge in [0, 0.05) is 29.1 Å². The fourth-order valence-corrected chi connectivity index (χ4v) is 3.14. The molecule has 1 amide bonds. The predicted molar refractivity (Wildman–Crippen MR) is 106 cm³/mol. The molecule has 0 aliphatic carbocycles. The van der Waals surface area contributed by atoms with Crippen molar-refractivity contribution in [2.45, 2.75) is 18.3 Å². The topological polar surface area (TPSA) is 67.8 Å². The van der Waals surface area contributed by atoms with Gasteiger partial charge in [-0.3, -0.25) is 9.78 Å². The first-order valence-corrected chi connectivity index (χ1v) is 9.82. The van der Waals surface area contributed by atoms with E-state index in [4.69, 9.17) is 11.6 Å². The summed E-state index contributed by atoms with van der Waals surface area (Å²) in [5, 5.41) is 3.38. The standard InChI is InChI=1S/C19H14ClF3N4OS/c1-10-3-4-12(8-13(10)14-9-16(20)27-18(26-14)29-2)25-17(28)11-5-6-24-15(7-11)19(21,22)23/h3-9H,1-2H3,(H,25,28). The normalized spacial score (nSPS) is 11.4. The number of pyridine rings is 1. The van der Waals surface area contributed by atoms with Crippen LogP contribution in [-0.4, -0.2) is 27.1 Å². The van der Waals surface area contributed by atoms with Crippen LogP contribution in [0.5, 0.6) is 0 Å². The minimum absolute atomic E-state index is 0.149. The van der Waals surface area contributed by atoms with Crippen molar-refractivity contribution >= 4 is 35.0 Å². The second-order valence-corrected chi connectivity index (χ2v) is 7.13. The van der Waals surface area contributed by atoms with Crippen LogP contribution in [0, 0.1) is 6.92 Å². The number of aryl methyl sites for hydroxylation is 1. The van der Waals surface area contributed by atoms with E-state index in [2.05, 4.69) is 20.3 Å². The van der Waals surface area contributed by atoms with E-state index in [-0.39, 0.29) is 10.7 Å². The van der Waals surface area contributed by atoms with E-state index in [1.807, 2.05) is 13.2 Å². The molecule has 0 atom stereocenters. The molecule has 1 N–H and O–H groups in total. The summed E-state index contributed by atoms with van der Waals surface area (Å²) in [6.07, 6.45) is -1.86. The minimum Gasteiger partial charge on any atom is -0.322 e. The largest absolute Gasteiger partial charge is 0.433 e. The number of carbonyl (C=O) groups excluding carboxylic acids is 1. The van der Waals surface area contributed by atoms with Gasteiger partial charge in [-0.15, -0.1) is 0 Å². The van der Waals surface area contributed by atoms with Gasteiger partial charge in [0.05, 0.1) is 5.69 Å². The SMILES string of the molecule is CSc1nc(Cl)cc(-c2cc(NC(=O)c3ccnc(C(F)(F)F)c3)ccc2C)n1. The molecule has 10 heteroatoms. The van der Waals surface area contributed by atoms with Crippen molar-refractivity contribution in [3.63, 3.8) is 0 Å². The zero-order valence-electron chi connectivity index (χ0n) is 15.2. The third-order valence-corrected chi connectivity index (χ3v) is 4.68. The Labute approximate surface area is 173 Å². The van der Waals surface area contributed by atoms with Gasteiger partial charge in [0.2, 0.25) is 0 Å².